The minimum Gasteiger partial charge on any atom is -0.467 e. The fraction of sp³-hybridized carbons (Fsp3) is 0.231. The van der Waals surface area contributed by atoms with Crippen molar-refractivity contribution >= 4 is 11.9 Å². The third-order valence-electron chi connectivity index (χ3n) is 5.13. The first kappa shape index (κ1) is 21.3. The van der Waals surface area contributed by atoms with E-state index in [0.717, 1.165) is 24.0 Å². The molecule has 0 saturated heterocycles. The van der Waals surface area contributed by atoms with E-state index in [1.165, 1.54) is 12.7 Å². The first-order valence-electron chi connectivity index (χ1n) is 10.2. The highest BCUT2D eigenvalue weighted by molar-refractivity contribution is 5.91. The SMILES string of the molecule is COC(=O)[C@@H](CCCc1ccccc1)NC(=O)C(c1ccccc1)c1ccccc1. The van der Waals surface area contributed by atoms with Gasteiger partial charge in [0, 0.05) is 0 Å². The molecule has 1 N–H and O–H groups in total. The molecule has 3 rings (SSSR count). The Kier molecular flexibility index (Phi) is 7.78. The fourth-order valence-corrected chi connectivity index (χ4v) is 3.59. The van der Waals surface area contributed by atoms with Crippen molar-refractivity contribution in [2.24, 2.45) is 0 Å². The van der Waals surface area contributed by atoms with Crippen LogP contribution in [0.3, 0.4) is 0 Å². The lowest BCUT2D eigenvalue weighted by Crippen LogP contribution is -2.44. The first-order chi connectivity index (χ1) is 14.7. The average Bonchev–Trinajstić information content (AvgIpc) is 2.80. The molecule has 1 amide bonds. The van der Waals surface area contributed by atoms with Crippen LogP contribution in [0.2, 0.25) is 0 Å². The minimum atomic E-state index is -0.680. The third kappa shape index (κ3) is 5.80. The molecule has 3 aromatic rings. The molecule has 154 valence electrons. The number of aryl methyl sites for hydroxylation is 1. The normalized spacial score (nSPS) is 11.7. The van der Waals surface area contributed by atoms with Crippen molar-refractivity contribution in [2.75, 3.05) is 7.11 Å². The number of esters is 1. The van der Waals surface area contributed by atoms with Gasteiger partial charge in [0.25, 0.3) is 0 Å². The number of benzene rings is 3. The van der Waals surface area contributed by atoms with E-state index in [1.54, 1.807) is 0 Å². The van der Waals surface area contributed by atoms with Crippen LogP contribution in [0.4, 0.5) is 0 Å². The minimum absolute atomic E-state index is 0.206. The van der Waals surface area contributed by atoms with Crippen molar-refractivity contribution < 1.29 is 14.3 Å². The summed E-state index contributed by atoms with van der Waals surface area (Å²) in [6.07, 6.45) is 2.13. The van der Waals surface area contributed by atoms with Crippen molar-refractivity contribution in [1.29, 1.82) is 0 Å². The Morgan fingerprint density at radius 3 is 1.80 bits per heavy atom. The molecule has 0 bridgehead atoms. The van der Waals surface area contributed by atoms with Crippen LogP contribution >= 0.6 is 0 Å². The summed E-state index contributed by atoms with van der Waals surface area (Å²) >= 11 is 0. The Morgan fingerprint density at radius 2 is 1.30 bits per heavy atom. The summed E-state index contributed by atoms with van der Waals surface area (Å²) in [5, 5.41) is 2.94. The van der Waals surface area contributed by atoms with Gasteiger partial charge in [-0.25, -0.2) is 4.79 Å². The molecule has 0 saturated carbocycles. The molecule has 4 nitrogen and oxygen atoms in total. The highest BCUT2D eigenvalue weighted by Gasteiger charge is 2.28. The predicted octanol–water partition coefficient (Wildman–Crippen LogP) is 4.50. The molecule has 3 aromatic carbocycles. The first-order valence-corrected chi connectivity index (χ1v) is 10.2. The van der Waals surface area contributed by atoms with E-state index in [4.69, 9.17) is 4.74 Å². The fourth-order valence-electron chi connectivity index (χ4n) is 3.59. The maximum absolute atomic E-state index is 13.3. The van der Waals surface area contributed by atoms with Crippen molar-refractivity contribution in [3.05, 3.63) is 108 Å². The van der Waals surface area contributed by atoms with Gasteiger partial charge in [0.1, 0.15) is 6.04 Å². The van der Waals surface area contributed by atoms with E-state index in [9.17, 15) is 9.59 Å². The van der Waals surface area contributed by atoms with Crippen molar-refractivity contribution in [3.63, 3.8) is 0 Å². The molecule has 4 heteroatoms. The monoisotopic (exact) mass is 401 g/mol. The summed E-state index contributed by atoms with van der Waals surface area (Å²) in [4.78, 5) is 25.6. The molecule has 0 aromatic heterocycles. The molecular weight excluding hydrogens is 374 g/mol. The quantitative estimate of drug-likeness (QED) is 0.537. The van der Waals surface area contributed by atoms with Gasteiger partial charge < -0.3 is 10.1 Å². The number of hydrogen-bond donors (Lipinski definition) is 1. The summed E-state index contributed by atoms with van der Waals surface area (Å²) in [6, 6.07) is 28.6. The van der Waals surface area contributed by atoms with Crippen LogP contribution in [0.5, 0.6) is 0 Å². The van der Waals surface area contributed by atoms with Gasteiger partial charge in [-0.1, -0.05) is 91.0 Å². The molecule has 0 fully saturated rings. The second kappa shape index (κ2) is 11.0. The lowest BCUT2D eigenvalue weighted by atomic mass is 9.90. The van der Waals surface area contributed by atoms with E-state index in [1.807, 2.05) is 78.9 Å². The van der Waals surface area contributed by atoms with Gasteiger partial charge in [0.15, 0.2) is 0 Å². The number of carbonyl (C=O) groups excluding carboxylic acids is 2. The molecule has 0 radical (unpaired) electrons. The third-order valence-corrected chi connectivity index (χ3v) is 5.13. The standard InChI is InChI=1S/C26H27NO3/c1-30-26(29)23(19-11-14-20-12-5-2-6-13-20)27-25(28)24(21-15-7-3-8-16-21)22-17-9-4-10-18-22/h2-10,12-13,15-18,23-24H,11,14,19H2,1H3,(H,27,28)/t23-/m1/s1. The van der Waals surface area contributed by atoms with Crippen LogP contribution in [0.15, 0.2) is 91.0 Å². The number of ether oxygens (including phenoxy) is 1. The van der Waals surface area contributed by atoms with Gasteiger partial charge in [-0.3, -0.25) is 4.79 Å². The van der Waals surface area contributed by atoms with Gasteiger partial charge in [-0.2, -0.15) is 0 Å². The predicted molar refractivity (Wildman–Crippen MR) is 118 cm³/mol. The lowest BCUT2D eigenvalue weighted by molar-refractivity contribution is -0.145. The van der Waals surface area contributed by atoms with Crippen LogP contribution in [-0.4, -0.2) is 25.0 Å². The van der Waals surface area contributed by atoms with Gasteiger partial charge in [-0.05, 0) is 36.0 Å². The van der Waals surface area contributed by atoms with E-state index in [-0.39, 0.29) is 5.91 Å². The van der Waals surface area contributed by atoms with E-state index >= 15 is 0 Å². The second-order valence-corrected chi connectivity index (χ2v) is 7.22. The summed E-state index contributed by atoms with van der Waals surface area (Å²) in [5.74, 6) is -1.12. The summed E-state index contributed by atoms with van der Waals surface area (Å²) in [7, 11) is 1.35. The maximum Gasteiger partial charge on any atom is 0.328 e. The Bertz CT molecular complexity index is 887. The number of methoxy groups -OCH3 is 1. The van der Waals surface area contributed by atoms with Gasteiger partial charge in [0.05, 0.1) is 13.0 Å². The van der Waals surface area contributed by atoms with E-state index < -0.39 is 17.9 Å². The van der Waals surface area contributed by atoms with Crippen LogP contribution in [0.1, 0.15) is 35.4 Å². The molecule has 0 unspecified atom stereocenters. The van der Waals surface area contributed by atoms with Crippen molar-refractivity contribution in [2.45, 2.75) is 31.2 Å². The van der Waals surface area contributed by atoms with Gasteiger partial charge in [-0.15, -0.1) is 0 Å². The molecule has 1 atom stereocenters. The Hall–Kier alpha value is -3.40. The topological polar surface area (TPSA) is 55.4 Å². The second-order valence-electron chi connectivity index (χ2n) is 7.22. The van der Waals surface area contributed by atoms with Crippen LogP contribution in [0, 0.1) is 0 Å². The highest BCUT2D eigenvalue weighted by atomic mass is 16.5. The van der Waals surface area contributed by atoms with Crippen molar-refractivity contribution in [3.8, 4) is 0 Å². The zero-order valence-electron chi connectivity index (χ0n) is 17.2. The molecule has 0 aliphatic rings. The average molecular weight is 402 g/mol. The maximum atomic E-state index is 13.3. The van der Waals surface area contributed by atoms with Crippen LogP contribution < -0.4 is 5.32 Å². The zero-order chi connectivity index (χ0) is 21.2. The number of carbonyl (C=O) groups is 2. The summed E-state index contributed by atoms with van der Waals surface area (Å²) < 4.78 is 4.95. The zero-order valence-corrected chi connectivity index (χ0v) is 17.2. The van der Waals surface area contributed by atoms with Gasteiger partial charge in [0.2, 0.25) is 5.91 Å². The molecule has 30 heavy (non-hydrogen) atoms. The molecule has 0 heterocycles. The van der Waals surface area contributed by atoms with E-state index in [0.29, 0.717) is 6.42 Å². The number of amides is 1. The summed E-state index contributed by atoms with van der Waals surface area (Å²) in [6.45, 7) is 0. The Morgan fingerprint density at radius 1 is 0.800 bits per heavy atom. The molecule has 0 aliphatic heterocycles. The van der Waals surface area contributed by atoms with Crippen LogP contribution in [0.25, 0.3) is 0 Å². The smallest absolute Gasteiger partial charge is 0.328 e. The summed E-state index contributed by atoms with van der Waals surface area (Å²) in [5.41, 5.74) is 2.97. The number of rotatable bonds is 9. The number of nitrogens with one attached hydrogen (secondary N) is 1. The number of hydrogen-bond acceptors (Lipinski definition) is 3. The molecular formula is C26H27NO3. The largest absolute Gasteiger partial charge is 0.467 e. The molecule has 0 aliphatic carbocycles. The van der Waals surface area contributed by atoms with Crippen molar-refractivity contribution in [1.82, 2.24) is 5.32 Å². The molecule has 0 spiro atoms. The van der Waals surface area contributed by atoms with Gasteiger partial charge >= 0.3 is 5.97 Å². The van der Waals surface area contributed by atoms with E-state index in [2.05, 4.69) is 17.4 Å². The Labute approximate surface area is 177 Å². The van der Waals surface area contributed by atoms with Crippen LogP contribution in [-0.2, 0) is 20.7 Å². The highest BCUT2D eigenvalue weighted by Crippen LogP contribution is 2.25. The lowest BCUT2D eigenvalue weighted by Gasteiger charge is -2.22. The Balaban J connectivity index is 1.74.